The lowest BCUT2D eigenvalue weighted by Crippen LogP contribution is -1.98. The van der Waals surface area contributed by atoms with Crippen molar-refractivity contribution in [2.45, 2.75) is 12.8 Å². The van der Waals surface area contributed by atoms with Gasteiger partial charge >= 0.3 is 0 Å². The molecule has 0 aliphatic carbocycles. The largest absolute Gasteiger partial charge is 0.396 e. The van der Waals surface area contributed by atoms with Crippen molar-refractivity contribution < 1.29 is 5.11 Å². The topological polar surface area (TPSA) is 46.2 Å². The number of hydrogen-bond donors (Lipinski definition) is 2. The molecule has 0 atom stereocenters. The van der Waals surface area contributed by atoms with Gasteiger partial charge in [-0.05, 0) is 19.4 Å². The zero-order valence-corrected chi connectivity index (χ0v) is 5.08. The number of halogens is 1. The highest BCUT2D eigenvalue weighted by atomic mass is 35.5. The summed E-state index contributed by atoms with van der Waals surface area (Å²) in [7, 11) is 0. The van der Waals surface area contributed by atoms with Crippen LogP contribution in [0.5, 0.6) is 0 Å². The minimum absolute atomic E-state index is 0. The molecule has 0 aliphatic rings. The van der Waals surface area contributed by atoms with Gasteiger partial charge in [-0.3, -0.25) is 0 Å². The van der Waals surface area contributed by atoms with Crippen LogP contribution in [0.15, 0.2) is 0 Å². The fourth-order valence-electron chi connectivity index (χ4n) is 0.256. The molecule has 0 unspecified atom stereocenters. The second kappa shape index (κ2) is 9.51. The van der Waals surface area contributed by atoms with E-state index in [2.05, 4.69) is 0 Å². The highest BCUT2D eigenvalue weighted by Crippen LogP contribution is 1.79. The number of rotatable bonds is 3. The van der Waals surface area contributed by atoms with E-state index in [-0.39, 0.29) is 19.0 Å². The zero-order valence-electron chi connectivity index (χ0n) is 4.26. The minimum atomic E-state index is 0. The Labute approximate surface area is 50.1 Å². The van der Waals surface area contributed by atoms with Crippen LogP contribution in [0.3, 0.4) is 0 Å². The summed E-state index contributed by atoms with van der Waals surface area (Å²) in [4.78, 5) is 0. The third kappa shape index (κ3) is 10.7. The van der Waals surface area contributed by atoms with Crippen molar-refractivity contribution in [3.8, 4) is 0 Å². The maximum absolute atomic E-state index is 8.14. The molecule has 0 saturated carbocycles. The van der Waals surface area contributed by atoms with Crippen LogP contribution in [0, 0.1) is 0 Å². The highest BCUT2D eigenvalue weighted by molar-refractivity contribution is 5.85. The first-order valence-corrected chi connectivity index (χ1v) is 2.22. The quantitative estimate of drug-likeness (QED) is 0.527. The first kappa shape index (κ1) is 10.2. The molecule has 0 aromatic heterocycles. The third-order valence-corrected chi connectivity index (χ3v) is 0.612. The van der Waals surface area contributed by atoms with Crippen molar-refractivity contribution in [3.05, 3.63) is 0 Å². The molecule has 0 amide bonds. The molecule has 3 N–H and O–H groups in total. The third-order valence-electron chi connectivity index (χ3n) is 0.612. The van der Waals surface area contributed by atoms with E-state index in [4.69, 9.17) is 10.8 Å². The van der Waals surface area contributed by atoms with E-state index in [1.807, 2.05) is 0 Å². The van der Waals surface area contributed by atoms with E-state index in [0.717, 1.165) is 12.8 Å². The van der Waals surface area contributed by atoms with E-state index in [1.54, 1.807) is 0 Å². The van der Waals surface area contributed by atoms with E-state index < -0.39 is 0 Å². The lowest BCUT2D eigenvalue weighted by Gasteiger charge is -1.86. The molecule has 46 valence electrons. The molecular formula is C4H12ClNO. The molecule has 7 heavy (non-hydrogen) atoms. The number of hydrogen-bond acceptors (Lipinski definition) is 2. The molecule has 0 fully saturated rings. The first-order chi connectivity index (χ1) is 2.91. The average Bonchev–Trinajstić information content (AvgIpc) is 1.61. The Morgan fingerprint density at radius 2 is 1.86 bits per heavy atom. The summed E-state index contributed by atoms with van der Waals surface area (Å²) in [6.07, 6.45) is 1.78. The molecule has 0 rings (SSSR count). The smallest absolute Gasteiger partial charge is 0.0431 e. The summed E-state index contributed by atoms with van der Waals surface area (Å²) in [5, 5.41) is 8.14. The predicted molar refractivity (Wildman–Crippen MR) is 32.6 cm³/mol. The van der Waals surface area contributed by atoms with Gasteiger partial charge in [0.2, 0.25) is 0 Å². The normalized spacial score (nSPS) is 7.71. The Morgan fingerprint density at radius 1 is 1.29 bits per heavy atom. The van der Waals surface area contributed by atoms with Crippen molar-refractivity contribution in [2.24, 2.45) is 5.73 Å². The summed E-state index contributed by atoms with van der Waals surface area (Å²) >= 11 is 0. The van der Waals surface area contributed by atoms with Crippen molar-refractivity contribution in [3.63, 3.8) is 0 Å². The van der Waals surface area contributed by atoms with Gasteiger partial charge in [-0.2, -0.15) is 0 Å². The summed E-state index contributed by atoms with van der Waals surface area (Å²) in [5.74, 6) is 0. The lowest BCUT2D eigenvalue weighted by atomic mass is 10.3. The monoisotopic (exact) mass is 125 g/mol. The van der Waals surface area contributed by atoms with Crippen LogP contribution in [0.1, 0.15) is 12.8 Å². The number of aliphatic hydroxyl groups excluding tert-OH is 1. The minimum Gasteiger partial charge on any atom is -0.396 e. The standard InChI is InChI=1S/C4H11NO.ClH/c5-3-1-2-4-6;/h6H,1-5H2;1H. The van der Waals surface area contributed by atoms with Crippen LogP contribution in [0.25, 0.3) is 0 Å². The van der Waals surface area contributed by atoms with Crippen LogP contribution in [-0.2, 0) is 0 Å². The van der Waals surface area contributed by atoms with Gasteiger partial charge in [0, 0.05) is 6.61 Å². The van der Waals surface area contributed by atoms with Gasteiger partial charge < -0.3 is 10.8 Å². The molecule has 0 bridgehead atoms. The Hall–Kier alpha value is 0.210. The van der Waals surface area contributed by atoms with Gasteiger partial charge in [0.15, 0.2) is 0 Å². The fourth-order valence-corrected chi connectivity index (χ4v) is 0.256. The molecule has 0 saturated heterocycles. The molecule has 0 spiro atoms. The van der Waals surface area contributed by atoms with Gasteiger partial charge in [-0.1, -0.05) is 0 Å². The van der Waals surface area contributed by atoms with Crippen LogP contribution in [0.2, 0.25) is 0 Å². The maximum atomic E-state index is 8.14. The molecule has 0 radical (unpaired) electrons. The van der Waals surface area contributed by atoms with E-state index >= 15 is 0 Å². The van der Waals surface area contributed by atoms with Crippen LogP contribution in [0.4, 0.5) is 0 Å². The van der Waals surface area contributed by atoms with E-state index in [9.17, 15) is 0 Å². The number of aliphatic hydroxyl groups is 1. The summed E-state index contributed by atoms with van der Waals surface area (Å²) < 4.78 is 0. The molecule has 0 aliphatic heterocycles. The van der Waals surface area contributed by atoms with Gasteiger partial charge in [0.25, 0.3) is 0 Å². The van der Waals surface area contributed by atoms with Crippen molar-refractivity contribution in [1.82, 2.24) is 0 Å². The molecule has 3 heteroatoms. The SMILES string of the molecule is Cl.NCCCCO. The molecule has 0 heterocycles. The molecule has 2 nitrogen and oxygen atoms in total. The zero-order chi connectivity index (χ0) is 4.83. The van der Waals surface area contributed by atoms with Crippen LogP contribution < -0.4 is 5.73 Å². The lowest BCUT2D eigenvalue weighted by molar-refractivity contribution is 0.285. The molecule has 0 aromatic carbocycles. The van der Waals surface area contributed by atoms with Crippen molar-refractivity contribution in [2.75, 3.05) is 13.2 Å². The molecule has 0 aromatic rings. The van der Waals surface area contributed by atoms with Gasteiger partial charge in [-0.15, -0.1) is 12.4 Å². The van der Waals surface area contributed by atoms with E-state index in [1.165, 1.54) is 0 Å². The Balaban J connectivity index is 0. The predicted octanol–water partition coefficient (Wildman–Crippen LogP) is 0.139. The Morgan fingerprint density at radius 3 is 2.00 bits per heavy atom. The summed E-state index contributed by atoms with van der Waals surface area (Å²) in [5.41, 5.74) is 5.10. The summed E-state index contributed by atoms with van der Waals surface area (Å²) in [6.45, 7) is 0.970. The second-order valence-electron chi connectivity index (χ2n) is 1.22. The Bertz CT molecular complexity index is 23.7. The average molecular weight is 126 g/mol. The van der Waals surface area contributed by atoms with Gasteiger partial charge in [-0.25, -0.2) is 0 Å². The fraction of sp³-hybridized carbons (Fsp3) is 1.00. The first-order valence-electron chi connectivity index (χ1n) is 2.22. The summed E-state index contributed by atoms with van der Waals surface area (Å²) in [6, 6.07) is 0. The molecular weight excluding hydrogens is 114 g/mol. The van der Waals surface area contributed by atoms with Crippen molar-refractivity contribution >= 4 is 12.4 Å². The Kier molecular flexibility index (Phi) is 13.9. The van der Waals surface area contributed by atoms with Crippen LogP contribution >= 0.6 is 12.4 Å². The highest BCUT2D eigenvalue weighted by Gasteiger charge is 1.76. The van der Waals surface area contributed by atoms with Crippen LogP contribution in [-0.4, -0.2) is 18.3 Å². The number of unbranched alkanes of at least 4 members (excludes halogenated alkanes) is 1. The van der Waals surface area contributed by atoms with Gasteiger partial charge in [0.05, 0.1) is 0 Å². The maximum Gasteiger partial charge on any atom is 0.0431 e. The van der Waals surface area contributed by atoms with Gasteiger partial charge in [0.1, 0.15) is 0 Å². The van der Waals surface area contributed by atoms with Crippen molar-refractivity contribution in [1.29, 1.82) is 0 Å². The van der Waals surface area contributed by atoms with E-state index in [0.29, 0.717) is 6.54 Å². The second-order valence-corrected chi connectivity index (χ2v) is 1.22. The number of nitrogens with two attached hydrogens (primary N) is 1.